The SMILES string of the molecule is CCCCCCCCCCCCCCCCCCN(CCC)c1cccc2ccccc12. The van der Waals surface area contributed by atoms with E-state index in [1.807, 2.05) is 0 Å². The Bertz CT molecular complexity index is 686. The first-order valence-electron chi connectivity index (χ1n) is 14.1. The van der Waals surface area contributed by atoms with Crippen LogP contribution in [-0.2, 0) is 0 Å². The van der Waals surface area contributed by atoms with Gasteiger partial charge in [-0.2, -0.15) is 0 Å². The van der Waals surface area contributed by atoms with Crippen molar-refractivity contribution in [1.82, 2.24) is 0 Å². The monoisotopic (exact) mass is 437 g/mol. The molecule has 2 aromatic carbocycles. The lowest BCUT2D eigenvalue weighted by atomic mass is 10.0. The van der Waals surface area contributed by atoms with Crippen LogP contribution in [0, 0.1) is 0 Å². The quantitative estimate of drug-likeness (QED) is 0.186. The zero-order valence-electron chi connectivity index (χ0n) is 21.4. The van der Waals surface area contributed by atoms with Gasteiger partial charge in [-0.1, -0.05) is 147 Å². The van der Waals surface area contributed by atoms with Crippen molar-refractivity contribution >= 4 is 16.5 Å². The van der Waals surface area contributed by atoms with E-state index in [1.165, 1.54) is 132 Å². The molecule has 32 heavy (non-hydrogen) atoms. The van der Waals surface area contributed by atoms with E-state index in [0.29, 0.717) is 0 Å². The third-order valence-electron chi connectivity index (χ3n) is 6.88. The molecule has 180 valence electrons. The Hall–Kier alpha value is -1.50. The molecule has 2 rings (SSSR count). The Kier molecular flexibility index (Phi) is 15.0. The summed E-state index contributed by atoms with van der Waals surface area (Å²) in [5.74, 6) is 0. The molecule has 1 heteroatoms. The van der Waals surface area contributed by atoms with Gasteiger partial charge in [0.1, 0.15) is 0 Å². The summed E-state index contributed by atoms with van der Waals surface area (Å²) < 4.78 is 0. The summed E-state index contributed by atoms with van der Waals surface area (Å²) in [6.07, 6.45) is 24.2. The fraction of sp³-hybridized carbons (Fsp3) is 0.677. The fourth-order valence-corrected chi connectivity index (χ4v) is 4.96. The van der Waals surface area contributed by atoms with Gasteiger partial charge in [0.2, 0.25) is 0 Å². The van der Waals surface area contributed by atoms with E-state index in [1.54, 1.807) is 0 Å². The van der Waals surface area contributed by atoms with E-state index in [-0.39, 0.29) is 0 Å². The van der Waals surface area contributed by atoms with Crippen molar-refractivity contribution in [1.29, 1.82) is 0 Å². The van der Waals surface area contributed by atoms with Crippen LogP contribution in [0.25, 0.3) is 10.8 Å². The Morgan fingerprint density at radius 3 is 1.53 bits per heavy atom. The Morgan fingerprint density at radius 1 is 0.469 bits per heavy atom. The number of hydrogen-bond acceptors (Lipinski definition) is 1. The Morgan fingerprint density at radius 2 is 0.969 bits per heavy atom. The summed E-state index contributed by atoms with van der Waals surface area (Å²) in [5, 5.41) is 2.76. The highest BCUT2D eigenvalue weighted by Crippen LogP contribution is 2.27. The molecular formula is C31H51N. The molecule has 0 N–H and O–H groups in total. The Balaban J connectivity index is 1.49. The summed E-state index contributed by atoms with van der Waals surface area (Å²) in [6.45, 7) is 6.95. The average Bonchev–Trinajstić information content (AvgIpc) is 2.83. The maximum atomic E-state index is 2.62. The molecule has 2 aromatic rings. The highest BCUT2D eigenvalue weighted by atomic mass is 15.1. The second kappa shape index (κ2) is 18.0. The fourth-order valence-electron chi connectivity index (χ4n) is 4.96. The molecule has 1 nitrogen and oxygen atoms in total. The smallest absolute Gasteiger partial charge is 0.0445 e. The molecule has 0 heterocycles. The molecule has 0 spiro atoms. The molecule has 0 bridgehead atoms. The predicted octanol–water partition coefficient (Wildman–Crippen LogP) is 10.3. The van der Waals surface area contributed by atoms with E-state index >= 15 is 0 Å². The van der Waals surface area contributed by atoms with E-state index in [0.717, 1.165) is 6.54 Å². The van der Waals surface area contributed by atoms with E-state index in [9.17, 15) is 0 Å². The third-order valence-corrected chi connectivity index (χ3v) is 6.88. The molecule has 0 amide bonds. The molecule has 0 aliphatic carbocycles. The van der Waals surface area contributed by atoms with Gasteiger partial charge in [-0.05, 0) is 24.3 Å². The largest absolute Gasteiger partial charge is 0.371 e. The number of fused-ring (bicyclic) bond motifs is 1. The van der Waals surface area contributed by atoms with Crippen molar-refractivity contribution in [2.75, 3.05) is 18.0 Å². The summed E-state index contributed by atoms with van der Waals surface area (Å²) >= 11 is 0. The average molecular weight is 438 g/mol. The molecule has 0 saturated carbocycles. The van der Waals surface area contributed by atoms with E-state index in [2.05, 4.69) is 61.2 Å². The first-order valence-corrected chi connectivity index (χ1v) is 14.1. The van der Waals surface area contributed by atoms with Gasteiger partial charge >= 0.3 is 0 Å². The van der Waals surface area contributed by atoms with Crippen LogP contribution in [0.15, 0.2) is 42.5 Å². The van der Waals surface area contributed by atoms with Gasteiger partial charge in [0.05, 0.1) is 0 Å². The lowest BCUT2D eigenvalue weighted by molar-refractivity contribution is 0.529. The highest BCUT2D eigenvalue weighted by Gasteiger charge is 2.09. The maximum absolute atomic E-state index is 2.62. The highest BCUT2D eigenvalue weighted by molar-refractivity contribution is 5.94. The minimum atomic E-state index is 1.16. The minimum Gasteiger partial charge on any atom is -0.371 e. The standard InChI is InChI=1S/C31H51N/c1-3-5-6-7-8-9-10-11-12-13-14-15-16-17-18-21-28-32(27-4-2)31-26-22-24-29-23-19-20-25-30(29)31/h19-20,22-26H,3-18,21,27-28H2,1-2H3. The molecule has 0 aliphatic rings. The summed E-state index contributed by atoms with van der Waals surface area (Å²) in [7, 11) is 0. The maximum Gasteiger partial charge on any atom is 0.0445 e. The lowest BCUT2D eigenvalue weighted by Gasteiger charge is -2.26. The van der Waals surface area contributed by atoms with Gasteiger partial charge in [-0.25, -0.2) is 0 Å². The summed E-state index contributed by atoms with van der Waals surface area (Å²) in [6, 6.07) is 15.6. The zero-order chi connectivity index (χ0) is 22.7. The third kappa shape index (κ3) is 10.9. The van der Waals surface area contributed by atoms with Crippen LogP contribution in [0.3, 0.4) is 0 Å². The number of hydrogen-bond donors (Lipinski definition) is 0. The van der Waals surface area contributed by atoms with Gasteiger partial charge in [-0.3, -0.25) is 0 Å². The topological polar surface area (TPSA) is 3.24 Å². The van der Waals surface area contributed by atoms with Crippen molar-refractivity contribution in [3.05, 3.63) is 42.5 Å². The van der Waals surface area contributed by atoms with Gasteiger partial charge in [0.25, 0.3) is 0 Å². The lowest BCUT2D eigenvalue weighted by Crippen LogP contribution is -2.25. The molecule has 0 fully saturated rings. The van der Waals surface area contributed by atoms with E-state index < -0.39 is 0 Å². The molecule has 0 radical (unpaired) electrons. The molecule has 0 atom stereocenters. The molecular weight excluding hydrogens is 386 g/mol. The predicted molar refractivity (Wildman–Crippen MR) is 146 cm³/mol. The number of anilines is 1. The normalized spacial score (nSPS) is 11.3. The van der Waals surface area contributed by atoms with Crippen LogP contribution < -0.4 is 4.90 Å². The van der Waals surface area contributed by atoms with Gasteiger partial charge in [-0.15, -0.1) is 0 Å². The van der Waals surface area contributed by atoms with Crippen molar-refractivity contribution in [2.24, 2.45) is 0 Å². The van der Waals surface area contributed by atoms with Gasteiger partial charge in [0, 0.05) is 24.2 Å². The van der Waals surface area contributed by atoms with Crippen LogP contribution in [0.5, 0.6) is 0 Å². The van der Waals surface area contributed by atoms with Crippen LogP contribution in [0.2, 0.25) is 0 Å². The minimum absolute atomic E-state index is 1.16. The van der Waals surface area contributed by atoms with E-state index in [4.69, 9.17) is 0 Å². The number of unbranched alkanes of at least 4 members (excludes halogenated alkanes) is 15. The van der Waals surface area contributed by atoms with Crippen molar-refractivity contribution < 1.29 is 0 Å². The summed E-state index contributed by atoms with van der Waals surface area (Å²) in [5.41, 5.74) is 1.42. The van der Waals surface area contributed by atoms with Crippen LogP contribution in [-0.4, -0.2) is 13.1 Å². The van der Waals surface area contributed by atoms with Gasteiger partial charge < -0.3 is 4.90 Å². The zero-order valence-corrected chi connectivity index (χ0v) is 21.4. The second-order valence-corrected chi connectivity index (χ2v) is 9.79. The number of rotatable bonds is 20. The van der Waals surface area contributed by atoms with Crippen molar-refractivity contribution in [2.45, 2.75) is 123 Å². The van der Waals surface area contributed by atoms with Crippen molar-refractivity contribution in [3.8, 4) is 0 Å². The number of nitrogens with zero attached hydrogens (tertiary/aromatic N) is 1. The van der Waals surface area contributed by atoms with Crippen LogP contribution >= 0.6 is 0 Å². The summed E-state index contributed by atoms with van der Waals surface area (Å²) in [4.78, 5) is 2.62. The van der Waals surface area contributed by atoms with Gasteiger partial charge in [0.15, 0.2) is 0 Å². The molecule has 0 aliphatic heterocycles. The molecule has 0 saturated heterocycles. The van der Waals surface area contributed by atoms with Crippen molar-refractivity contribution in [3.63, 3.8) is 0 Å². The van der Waals surface area contributed by atoms with Crippen LogP contribution in [0.4, 0.5) is 5.69 Å². The number of benzene rings is 2. The first kappa shape index (κ1) is 26.7. The second-order valence-electron chi connectivity index (χ2n) is 9.79. The van der Waals surface area contributed by atoms with Crippen LogP contribution in [0.1, 0.15) is 123 Å². The molecule has 0 aromatic heterocycles. The first-order chi connectivity index (χ1) is 15.9. The molecule has 0 unspecified atom stereocenters. The Labute approximate surface area is 200 Å².